The predicted octanol–water partition coefficient (Wildman–Crippen LogP) is 4.30. The van der Waals surface area contributed by atoms with Gasteiger partial charge in [-0.25, -0.2) is 0 Å². The maximum atomic E-state index is 14.3. The summed E-state index contributed by atoms with van der Waals surface area (Å²) >= 11 is 0. The maximum Gasteiger partial charge on any atom is 0.309 e. The van der Waals surface area contributed by atoms with E-state index in [0.29, 0.717) is 38.5 Å². The molecule has 512 valence electrons. The molecule has 27 atom stereocenters. The fraction of sp³-hybridized carbons (Fsp3) is 0.952. The molecule has 88 heavy (non-hydrogen) atoms. The number of carbonyl (C=O) groups excluding carboxylic acids is 3. The molecule has 0 amide bonds. The first kappa shape index (κ1) is 74.7. The Hall–Kier alpha value is -2.35. The summed E-state index contributed by atoms with van der Waals surface area (Å²) in [6, 6.07) is 0. The zero-order valence-corrected chi connectivity index (χ0v) is 53.3. The second-order valence-electron chi connectivity index (χ2n) is 25.4. The molecule has 0 aliphatic carbocycles. The van der Waals surface area contributed by atoms with Crippen molar-refractivity contribution in [2.24, 2.45) is 5.92 Å². The Balaban J connectivity index is 1.35. The molecule has 0 aromatic rings. The van der Waals surface area contributed by atoms with E-state index < -0.39 is 184 Å². The minimum absolute atomic E-state index is 0.0364. The van der Waals surface area contributed by atoms with Crippen LogP contribution in [-0.4, -0.2) is 230 Å². The van der Waals surface area contributed by atoms with E-state index in [2.05, 4.69) is 13.8 Å². The van der Waals surface area contributed by atoms with Crippen LogP contribution in [0.5, 0.6) is 0 Å². The highest BCUT2D eigenvalue weighted by molar-refractivity contribution is 5.72. The summed E-state index contributed by atoms with van der Waals surface area (Å²) in [5, 5.41) is 102. The Labute approximate surface area is 519 Å². The van der Waals surface area contributed by atoms with Crippen LogP contribution in [0.2, 0.25) is 0 Å². The van der Waals surface area contributed by atoms with Crippen LogP contribution in [0.1, 0.15) is 209 Å². The van der Waals surface area contributed by atoms with Crippen molar-refractivity contribution in [3.05, 3.63) is 0 Å². The molecule has 6 fully saturated rings. The van der Waals surface area contributed by atoms with Crippen LogP contribution >= 0.6 is 0 Å². The number of esters is 3. The molecule has 0 aromatic carbocycles. The molecular formula is C63H110O25. The van der Waals surface area contributed by atoms with E-state index in [9.17, 15) is 60.3 Å². The zero-order valence-electron chi connectivity index (χ0n) is 53.3. The van der Waals surface area contributed by atoms with Gasteiger partial charge in [0.05, 0.1) is 43.0 Å². The van der Waals surface area contributed by atoms with Crippen molar-refractivity contribution in [3.63, 3.8) is 0 Å². The van der Waals surface area contributed by atoms with Crippen molar-refractivity contribution in [1.82, 2.24) is 0 Å². The minimum atomic E-state index is -2.01. The zero-order chi connectivity index (χ0) is 64.2. The molecule has 6 aliphatic rings. The van der Waals surface area contributed by atoms with Crippen molar-refractivity contribution in [2.75, 3.05) is 6.61 Å². The largest absolute Gasteiger partial charge is 0.457 e. The molecule has 0 aromatic heterocycles. The predicted molar refractivity (Wildman–Crippen MR) is 312 cm³/mol. The van der Waals surface area contributed by atoms with Crippen LogP contribution in [0, 0.1) is 5.92 Å². The number of aliphatic hydroxyl groups is 9. The number of ether oxygens (including phenoxy) is 13. The van der Waals surface area contributed by atoms with Gasteiger partial charge >= 0.3 is 17.9 Å². The van der Waals surface area contributed by atoms with E-state index >= 15 is 0 Å². The average molecular weight is 1270 g/mol. The molecule has 6 heterocycles. The Kier molecular flexibility index (Phi) is 31.8. The molecule has 0 spiro atoms. The number of hydrogen-bond donors (Lipinski definition) is 9. The highest BCUT2D eigenvalue weighted by atomic mass is 16.8. The van der Waals surface area contributed by atoms with E-state index in [4.69, 9.17) is 61.6 Å². The lowest BCUT2D eigenvalue weighted by Gasteiger charge is -2.51. The topological polar surface area (TPSA) is 353 Å². The summed E-state index contributed by atoms with van der Waals surface area (Å²) in [5.74, 6) is -2.66. The molecule has 0 radical (unpaired) electrons. The van der Waals surface area contributed by atoms with E-state index in [1.54, 1.807) is 20.8 Å². The molecule has 6 rings (SSSR count). The van der Waals surface area contributed by atoms with Gasteiger partial charge in [-0.15, -0.1) is 0 Å². The third-order valence-electron chi connectivity index (χ3n) is 18.2. The fourth-order valence-electron chi connectivity index (χ4n) is 12.3. The van der Waals surface area contributed by atoms with E-state index in [0.717, 1.165) is 103 Å². The number of aliphatic hydroxyl groups excluding tert-OH is 9. The number of hydrogen-bond acceptors (Lipinski definition) is 25. The highest BCUT2D eigenvalue weighted by Gasteiger charge is 2.59. The lowest BCUT2D eigenvalue weighted by atomic mass is 9.95. The van der Waals surface area contributed by atoms with Gasteiger partial charge in [0.25, 0.3) is 0 Å². The van der Waals surface area contributed by atoms with Crippen molar-refractivity contribution in [1.29, 1.82) is 0 Å². The lowest BCUT2D eigenvalue weighted by molar-refractivity contribution is -0.400. The van der Waals surface area contributed by atoms with Crippen LogP contribution in [0.3, 0.4) is 0 Å². The molecule has 6 saturated heterocycles. The second-order valence-corrected chi connectivity index (χ2v) is 25.4. The Bertz CT molecular complexity index is 2010. The highest BCUT2D eigenvalue weighted by Crippen LogP contribution is 2.39. The van der Waals surface area contributed by atoms with Crippen LogP contribution in [0.25, 0.3) is 0 Å². The molecule has 0 bridgehead atoms. The van der Waals surface area contributed by atoms with Gasteiger partial charge < -0.3 is 108 Å². The second kappa shape index (κ2) is 37.5. The first-order valence-electron chi connectivity index (χ1n) is 33.3. The Morgan fingerprint density at radius 3 is 1.70 bits per heavy atom. The summed E-state index contributed by atoms with van der Waals surface area (Å²) in [5.41, 5.74) is 0. The molecule has 25 heteroatoms. The Morgan fingerprint density at radius 2 is 1.03 bits per heavy atom. The van der Waals surface area contributed by atoms with Gasteiger partial charge in [-0.1, -0.05) is 137 Å². The monoisotopic (exact) mass is 1270 g/mol. The van der Waals surface area contributed by atoms with E-state index in [-0.39, 0.29) is 18.9 Å². The summed E-state index contributed by atoms with van der Waals surface area (Å²) in [7, 11) is 0. The van der Waals surface area contributed by atoms with Crippen LogP contribution in [-0.2, 0) is 76.0 Å². The minimum Gasteiger partial charge on any atom is -0.457 e. The molecule has 25 nitrogen and oxygen atoms in total. The van der Waals surface area contributed by atoms with Crippen molar-refractivity contribution in [2.45, 2.75) is 369 Å². The van der Waals surface area contributed by atoms with E-state index in [1.807, 2.05) is 0 Å². The molecular weight excluding hydrogens is 1160 g/mol. The van der Waals surface area contributed by atoms with Gasteiger partial charge in [-0.2, -0.15) is 0 Å². The van der Waals surface area contributed by atoms with Gasteiger partial charge in [0.2, 0.25) is 0 Å². The first-order chi connectivity index (χ1) is 42.1. The van der Waals surface area contributed by atoms with E-state index in [1.165, 1.54) is 20.8 Å². The lowest BCUT2D eigenvalue weighted by Crippen LogP contribution is -2.68. The number of unbranched alkanes of at least 4 members (excludes halogenated alkanes) is 10. The number of rotatable bonds is 25. The van der Waals surface area contributed by atoms with Crippen molar-refractivity contribution >= 4 is 17.9 Å². The Morgan fingerprint density at radius 1 is 0.489 bits per heavy atom. The van der Waals surface area contributed by atoms with Gasteiger partial charge in [0.15, 0.2) is 49.8 Å². The summed E-state index contributed by atoms with van der Waals surface area (Å²) in [6.45, 7) is 13.0. The normalized spacial score (nSPS) is 41.3. The van der Waals surface area contributed by atoms with Gasteiger partial charge in [-0.05, 0) is 59.8 Å². The third kappa shape index (κ3) is 20.8. The fourth-order valence-corrected chi connectivity index (χ4v) is 12.3. The number of fused-ring (bicyclic) bond motifs is 2. The smallest absolute Gasteiger partial charge is 0.309 e. The number of carbonyl (C=O) groups is 3. The van der Waals surface area contributed by atoms with Crippen LogP contribution in [0.15, 0.2) is 0 Å². The molecule has 9 N–H and O–H groups in total. The first-order valence-corrected chi connectivity index (χ1v) is 33.3. The van der Waals surface area contributed by atoms with Gasteiger partial charge in [0, 0.05) is 12.8 Å². The van der Waals surface area contributed by atoms with Gasteiger partial charge in [0.1, 0.15) is 79.4 Å². The summed E-state index contributed by atoms with van der Waals surface area (Å²) in [6.07, 6.45) is -21.0. The molecule has 0 saturated carbocycles. The van der Waals surface area contributed by atoms with Crippen molar-refractivity contribution in [3.8, 4) is 0 Å². The maximum absolute atomic E-state index is 14.3. The standard InChI is InChI=1S/C63H110O25/c1-9-12-14-15-16-17-20-23-28-32-42(66)83-57-56(88-60-48(72)45(69)44(68)40(33-64)81-60)53(86-59-49(73)47(71)51(36(6)77-59)84-58(75)34(4)11-3)38(8)79-63(57)85-52-37(7)78-62-55(50(52)74)82-41(65)31-27-24-21-18-19-22-26-30-39(29-25-13-10-2)80-61-54(87-62)46(70)43(67)35(5)76-61/h34-40,43-57,59-64,67-74H,9-33H2,1-8H3/t34-,35+,36-,37-,38-,39?,40+,43-,44+,45-,46-,47-,48+,49+,50+,51-,52-,53-,54+,55+,56+,57+,59-,60-,61-,62-,63-/m0/s1. The average Bonchev–Trinajstić information content (AvgIpc) is 0.972. The van der Waals surface area contributed by atoms with Crippen LogP contribution < -0.4 is 0 Å². The van der Waals surface area contributed by atoms with Crippen molar-refractivity contribution < 1.29 is 122 Å². The summed E-state index contributed by atoms with van der Waals surface area (Å²) in [4.78, 5) is 41.2. The van der Waals surface area contributed by atoms with Crippen LogP contribution in [0.4, 0.5) is 0 Å². The quantitative estimate of drug-likeness (QED) is 0.0349. The summed E-state index contributed by atoms with van der Waals surface area (Å²) < 4.78 is 82.1. The third-order valence-corrected chi connectivity index (χ3v) is 18.2. The molecule has 6 aliphatic heterocycles. The van der Waals surface area contributed by atoms with Gasteiger partial charge in [-0.3, -0.25) is 14.4 Å². The molecule has 1 unspecified atom stereocenters. The SMILES string of the molecule is CCCCCCCCCCCC(=O)O[C@H]1[C@H](O[C@@H]2[C@@H](O)[C@H]3OC(=O)CCCCCCCCCC(CCCCC)O[C@@H]4O[C@H](C)[C@H](O)[C@H](O)[C@H]4O[C@@H]3O[C@H]2C)O[C@@H](C)[C@H](O[C@@H]2O[C@@H](C)[C@H](OC(=O)[C@@H](C)CC)[C@@H](O)[C@H]2O)[C@H]1O[C@@H]1O[C@H](CO)[C@@H](O)[C@H](O)[C@H]1O.